The fraction of sp³-hybridized carbons (Fsp3) is 0.0714. The van der Waals surface area contributed by atoms with Crippen LogP contribution in [0.5, 0.6) is 5.75 Å². The first-order valence-corrected chi connectivity index (χ1v) is 7.92. The van der Waals surface area contributed by atoms with E-state index < -0.39 is 21.7 Å². The highest BCUT2D eigenvalue weighted by molar-refractivity contribution is 7.92. The molecule has 116 valence electrons. The Labute approximate surface area is 132 Å². The molecule has 0 saturated heterocycles. The Bertz CT molecular complexity index is 848. The van der Waals surface area contributed by atoms with E-state index in [1.807, 2.05) is 0 Å². The molecule has 0 unspecified atom stereocenters. The second kappa shape index (κ2) is 5.86. The first-order chi connectivity index (χ1) is 10.2. The van der Waals surface area contributed by atoms with Crippen LogP contribution in [0.1, 0.15) is 15.9 Å². The van der Waals surface area contributed by atoms with Crippen LogP contribution in [0.3, 0.4) is 0 Å². The first kappa shape index (κ1) is 16.1. The molecule has 0 fully saturated rings. The number of carbonyl (C=O) groups is 1. The van der Waals surface area contributed by atoms with Crippen molar-refractivity contribution in [2.45, 2.75) is 11.8 Å². The van der Waals surface area contributed by atoms with Gasteiger partial charge in [-0.25, -0.2) is 13.2 Å². The van der Waals surface area contributed by atoms with E-state index in [1.165, 1.54) is 18.2 Å². The maximum atomic E-state index is 12.3. The number of anilines is 1. The van der Waals surface area contributed by atoms with Crippen molar-refractivity contribution >= 4 is 33.3 Å². The molecule has 0 spiro atoms. The van der Waals surface area contributed by atoms with Gasteiger partial charge in [0.2, 0.25) is 0 Å². The van der Waals surface area contributed by atoms with E-state index in [4.69, 9.17) is 16.7 Å². The number of aromatic hydroxyl groups is 1. The quantitative estimate of drug-likeness (QED) is 0.742. The lowest BCUT2D eigenvalue weighted by Gasteiger charge is -2.12. The molecule has 0 radical (unpaired) electrons. The average Bonchev–Trinajstić information content (AvgIpc) is 2.43. The van der Waals surface area contributed by atoms with Crippen molar-refractivity contribution in [2.75, 3.05) is 4.72 Å². The third-order valence-electron chi connectivity index (χ3n) is 2.93. The fourth-order valence-electron chi connectivity index (χ4n) is 1.81. The topological polar surface area (TPSA) is 104 Å². The number of carboxylic acids is 1. The van der Waals surface area contributed by atoms with Gasteiger partial charge in [-0.05, 0) is 42.8 Å². The van der Waals surface area contributed by atoms with Gasteiger partial charge in [-0.15, -0.1) is 0 Å². The molecule has 0 aliphatic heterocycles. The summed E-state index contributed by atoms with van der Waals surface area (Å²) in [5.74, 6) is -1.71. The minimum Gasteiger partial charge on any atom is -0.506 e. The van der Waals surface area contributed by atoms with Gasteiger partial charge in [-0.1, -0.05) is 17.7 Å². The van der Waals surface area contributed by atoms with E-state index in [-0.39, 0.29) is 21.2 Å². The maximum absolute atomic E-state index is 12.3. The van der Waals surface area contributed by atoms with Crippen molar-refractivity contribution in [1.29, 1.82) is 0 Å². The van der Waals surface area contributed by atoms with Crippen LogP contribution in [0.25, 0.3) is 0 Å². The zero-order valence-corrected chi connectivity index (χ0v) is 12.9. The first-order valence-electron chi connectivity index (χ1n) is 6.06. The molecule has 8 heteroatoms. The highest BCUT2D eigenvalue weighted by atomic mass is 35.5. The molecule has 0 aliphatic carbocycles. The summed E-state index contributed by atoms with van der Waals surface area (Å²) in [5, 5.41) is 18.8. The third-order valence-corrected chi connectivity index (χ3v) is 4.67. The number of carboxylic acid groups (broad SMARTS) is 1. The van der Waals surface area contributed by atoms with Gasteiger partial charge < -0.3 is 10.2 Å². The standard InChI is InChI=1S/C14H12ClNO5S/c1-8-2-4-10(15)7-13(8)22(20,21)16-11-5-3-9(14(18)19)6-12(11)17/h2-7,16-17H,1H3,(H,18,19). The van der Waals surface area contributed by atoms with E-state index in [0.717, 1.165) is 6.07 Å². The molecule has 2 aromatic rings. The van der Waals surface area contributed by atoms with Gasteiger partial charge in [0, 0.05) is 5.02 Å². The van der Waals surface area contributed by atoms with E-state index in [0.29, 0.717) is 5.56 Å². The van der Waals surface area contributed by atoms with Crippen molar-refractivity contribution in [1.82, 2.24) is 0 Å². The van der Waals surface area contributed by atoms with Gasteiger partial charge in [0.25, 0.3) is 10.0 Å². The summed E-state index contributed by atoms with van der Waals surface area (Å²) in [6.45, 7) is 1.61. The Morgan fingerprint density at radius 3 is 2.45 bits per heavy atom. The maximum Gasteiger partial charge on any atom is 0.335 e. The fourth-order valence-corrected chi connectivity index (χ4v) is 3.40. The number of benzene rings is 2. The Kier molecular flexibility index (Phi) is 4.30. The summed E-state index contributed by atoms with van der Waals surface area (Å²) in [6.07, 6.45) is 0. The Morgan fingerprint density at radius 1 is 1.18 bits per heavy atom. The number of phenols is 1. The van der Waals surface area contributed by atoms with Gasteiger partial charge in [-0.3, -0.25) is 4.72 Å². The number of hydrogen-bond donors (Lipinski definition) is 3. The van der Waals surface area contributed by atoms with E-state index in [9.17, 15) is 18.3 Å². The number of hydrogen-bond acceptors (Lipinski definition) is 4. The Balaban J connectivity index is 2.41. The van der Waals surface area contributed by atoms with Crippen LogP contribution in [0.15, 0.2) is 41.3 Å². The molecule has 0 saturated carbocycles. The zero-order chi connectivity index (χ0) is 16.5. The SMILES string of the molecule is Cc1ccc(Cl)cc1S(=O)(=O)Nc1ccc(C(=O)O)cc1O. The van der Waals surface area contributed by atoms with Gasteiger partial charge in [0.15, 0.2) is 0 Å². The zero-order valence-electron chi connectivity index (χ0n) is 11.4. The number of phenolic OH excluding ortho intramolecular Hbond substituents is 1. The van der Waals surface area contributed by atoms with Crippen LogP contribution in [-0.4, -0.2) is 24.6 Å². The average molecular weight is 342 g/mol. The predicted molar refractivity (Wildman–Crippen MR) is 82.1 cm³/mol. The molecule has 0 heterocycles. The summed E-state index contributed by atoms with van der Waals surface area (Å²) in [7, 11) is -3.96. The predicted octanol–water partition coefficient (Wildman–Crippen LogP) is 2.85. The van der Waals surface area contributed by atoms with Crippen LogP contribution < -0.4 is 4.72 Å². The minimum absolute atomic E-state index is 0.0262. The van der Waals surface area contributed by atoms with Crippen LogP contribution in [0.4, 0.5) is 5.69 Å². The molecule has 6 nitrogen and oxygen atoms in total. The third kappa shape index (κ3) is 3.32. The lowest BCUT2D eigenvalue weighted by Crippen LogP contribution is -2.14. The van der Waals surface area contributed by atoms with E-state index in [2.05, 4.69) is 4.72 Å². The number of aromatic carboxylic acids is 1. The highest BCUT2D eigenvalue weighted by Gasteiger charge is 2.19. The normalized spacial score (nSPS) is 11.2. The molecule has 22 heavy (non-hydrogen) atoms. The van der Waals surface area contributed by atoms with Gasteiger partial charge in [0.05, 0.1) is 16.1 Å². The molecule has 0 atom stereocenters. The summed E-state index contributed by atoms with van der Waals surface area (Å²) in [5.41, 5.74) is 0.210. The van der Waals surface area contributed by atoms with Crippen molar-refractivity contribution in [3.63, 3.8) is 0 Å². The lowest BCUT2D eigenvalue weighted by molar-refractivity contribution is 0.0696. The molecule has 2 rings (SSSR count). The van der Waals surface area contributed by atoms with Gasteiger partial charge >= 0.3 is 5.97 Å². The summed E-state index contributed by atoms with van der Waals surface area (Å²) in [4.78, 5) is 10.8. The molecular formula is C14H12ClNO5S. The second-order valence-electron chi connectivity index (χ2n) is 4.55. The molecule has 0 bridgehead atoms. The number of aryl methyl sites for hydroxylation is 1. The monoisotopic (exact) mass is 341 g/mol. The van der Waals surface area contributed by atoms with Crippen molar-refractivity contribution in [3.05, 3.63) is 52.5 Å². The lowest BCUT2D eigenvalue weighted by atomic mass is 10.2. The van der Waals surface area contributed by atoms with E-state index in [1.54, 1.807) is 19.1 Å². The summed E-state index contributed by atoms with van der Waals surface area (Å²) in [6, 6.07) is 7.74. The van der Waals surface area contributed by atoms with E-state index >= 15 is 0 Å². The van der Waals surface area contributed by atoms with Crippen LogP contribution in [0.2, 0.25) is 5.02 Å². The Hall–Kier alpha value is -2.25. The number of sulfonamides is 1. The number of rotatable bonds is 4. The van der Waals surface area contributed by atoms with Gasteiger partial charge in [-0.2, -0.15) is 0 Å². The number of nitrogens with one attached hydrogen (secondary N) is 1. The van der Waals surface area contributed by atoms with Crippen molar-refractivity contribution in [3.8, 4) is 5.75 Å². The van der Waals surface area contributed by atoms with Crippen LogP contribution in [-0.2, 0) is 10.0 Å². The second-order valence-corrected chi connectivity index (χ2v) is 6.64. The smallest absolute Gasteiger partial charge is 0.335 e. The summed E-state index contributed by atoms with van der Waals surface area (Å²) < 4.78 is 26.9. The molecule has 0 aromatic heterocycles. The molecule has 2 aromatic carbocycles. The Morgan fingerprint density at radius 2 is 1.86 bits per heavy atom. The van der Waals surface area contributed by atoms with Crippen molar-refractivity contribution in [2.24, 2.45) is 0 Å². The largest absolute Gasteiger partial charge is 0.506 e. The van der Waals surface area contributed by atoms with Crippen LogP contribution >= 0.6 is 11.6 Å². The highest BCUT2D eigenvalue weighted by Crippen LogP contribution is 2.28. The number of halogens is 1. The molecule has 3 N–H and O–H groups in total. The van der Waals surface area contributed by atoms with Gasteiger partial charge in [0.1, 0.15) is 5.75 Å². The molecular weight excluding hydrogens is 330 g/mol. The van der Waals surface area contributed by atoms with Crippen LogP contribution in [0, 0.1) is 6.92 Å². The molecule has 0 amide bonds. The minimum atomic E-state index is -3.96. The van der Waals surface area contributed by atoms with Crippen molar-refractivity contribution < 1.29 is 23.4 Å². The molecule has 0 aliphatic rings. The summed E-state index contributed by atoms with van der Waals surface area (Å²) >= 11 is 5.81.